The Hall–Kier alpha value is -2.24. The first-order valence-electron chi connectivity index (χ1n) is 11.0. The number of fused-ring (bicyclic) bond motifs is 1. The summed E-state index contributed by atoms with van der Waals surface area (Å²) >= 11 is 0. The van der Waals surface area contributed by atoms with Crippen molar-refractivity contribution in [1.29, 1.82) is 0 Å². The van der Waals surface area contributed by atoms with Crippen LogP contribution in [-0.2, 0) is 9.59 Å². The van der Waals surface area contributed by atoms with Gasteiger partial charge in [-0.25, -0.2) is 0 Å². The second-order valence-electron chi connectivity index (χ2n) is 8.56. The minimum atomic E-state index is -0.608. The fourth-order valence-corrected chi connectivity index (χ4v) is 5.31. The quantitative estimate of drug-likeness (QED) is 0.741. The molecule has 1 aromatic carbocycles. The van der Waals surface area contributed by atoms with E-state index in [9.17, 15) is 9.59 Å². The Morgan fingerprint density at radius 1 is 1.00 bits per heavy atom. The number of carbonyl (C=O) groups excluding carboxylic acids is 2. The zero-order valence-corrected chi connectivity index (χ0v) is 17.5. The fourth-order valence-electron chi connectivity index (χ4n) is 5.31. The first-order chi connectivity index (χ1) is 14.1. The van der Waals surface area contributed by atoms with Crippen molar-refractivity contribution in [3.8, 4) is 11.5 Å². The predicted octanol–water partition coefficient (Wildman–Crippen LogP) is 3.59. The third-order valence-corrected chi connectivity index (χ3v) is 6.86. The number of likely N-dealkylation sites (tertiary alicyclic amines) is 1. The lowest BCUT2D eigenvalue weighted by atomic mass is 9.74. The van der Waals surface area contributed by atoms with Crippen LogP contribution in [0, 0.1) is 5.92 Å². The first-order valence-corrected chi connectivity index (χ1v) is 11.0. The number of ether oxygens (including phenoxy) is 2. The van der Waals surface area contributed by atoms with Crippen LogP contribution in [0.15, 0.2) is 18.2 Å². The van der Waals surface area contributed by atoms with Crippen molar-refractivity contribution in [2.45, 2.75) is 75.9 Å². The van der Waals surface area contributed by atoms with Gasteiger partial charge in [-0.05, 0) is 43.4 Å². The van der Waals surface area contributed by atoms with Crippen LogP contribution >= 0.6 is 0 Å². The maximum atomic E-state index is 13.4. The number of hydrogen-bond donors (Lipinski definition) is 1. The van der Waals surface area contributed by atoms with E-state index in [4.69, 9.17) is 9.47 Å². The molecule has 6 nitrogen and oxygen atoms in total. The highest BCUT2D eigenvalue weighted by molar-refractivity contribution is 5.94. The summed E-state index contributed by atoms with van der Waals surface area (Å²) in [5.74, 6) is 1.34. The largest absolute Gasteiger partial charge is 0.493 e. The summed E-state index contributed by atoms with van der Waals surface area (Å²) < 4.78 is 10.8. The van der Waals surface area contributed by atoms with Crippen molar-refractivity contribution < 1.29 is 19.1 Å². The molecule has 1 unspecified atom stereocenters. The molecule has 0 spiro atoms. The van der Waals surface area contributed by atoms with Crippen molar-refractivity contribution in [3.63, 3.8) is 0 Å². The standard InChI is InChI=1S/C23H32N2O4/c1-28-19-13-12-15(14-20(19)29-2)21(22(26)24-16-8-4-3-5-9-16)25-18-11-7-6-10-17(18)23(25)27/h12-14,16-18,21H,3-11H2,1-2H3,(H,24,26)/t17-,18+,21?/m1/s1. The minimum absolute atomic E-state index is 0.0681. The van der Waals surface area contributed by atoms with Crippen LogP contribution < -0.4 is 14.8 Å². The molecule has 1 saturated heterocycles. The molecule has 2 saturated carbocycles. The Balaban J connectivity index is 1.63. The highest BCUT2D eigenvalue weighted by Gasteiger charge is 2.52. The lowest BCUT2D eigenvalue weighted by Gasteiger charge is -2.53. The number of methoxy groups -OCH3 is 2. The van der Waals surface area contributed by atoms with Gasteiger partial charge in [-0.15, -0.1) is 0 Å². The van der Waals surface area contributed by atoms with Gasteiger partial charge in [0.1, 0.15) is 6.04 Å². The van der Waals surface area contributed by atoms with Crippen LogP contribution in [0.1, 0.15) is 69.4 Å². The highest BCUT2D eigenvalue weighted by atomic mass is 16.5. The van der Waals surface area contributed by atoms with E-state index in [1.54, 1.807) is 14.2 Å². The van der Waals surface area contributed by atoms with E-state index in [1.807, 2.05) is 23.1 Å². The van der Waals surface area contributed by atoms with Crippen molar-refractivity contribution >= 4 is 11.8 Å². The SMILES string of the molecule is COc1ccc(C(C(=O)NC2CCCCC2)N2C(=O)[C@@H]3CCCC[C@@H]32)cc1OC. The summed E-state index contributed by atoms with van der Waals surface area (Å²) in [7, 11) is 3.18. The second-order valence-corrected chi connectivity index (χ2v) is 8.56. The van der Waals surface area contributed by atoms with E-state index in [0.717, 1.165) is 56.9 Å². The van der Waals surface area contributed by atoms with E-state index >= 15 is 0 Å². The molecule has 0 radical (unpaired) electrons. The van der Waals surface area contributed by atoms with Crippen LogP contribution in [0.4, 0.5) is 0 Å². The average molecular weight is 401 g/mol. The van der Waals surface area contributed by atoms with E-state index in [2.05, 4.69) is 5.32 Å². The molecule has 1 aromatic rings. The Labute approximate surface area is 172 Å². The lowest BCUT2D eigenvalue weighted by molar-refractivity contribution is -0.168. The molecule has 0 bridgehead atoms. The average Bonchev–Trinajstić information content (AvgIpc) is 2.77. The van der Waals surface area contributed by atoms with Gasteiger partial charge in [0, 0.05) is 12.1 Å². The number of nitrogens with zero attached hydrogens (tertiary/aromatic N) is 1. The predicted molar refractivity (Wildman–Crippen MR) is 110 cm³/mol. The summed E-state index contributed by atoms with van der Waals surface area (Å²) in [6.45, 7) is 0. The van der Waals surface area contributed by atoms with Gasteiger partial charge in [0.2, 0.25) is 11.8 Å². The van der Waals surface area contributed by atoms with E-state index in [1.165, 1.54) is 6.42 Å². The molecule has 6 heteroatoms. The van der Waals surface area contributed by atoms with Crippen molar-refractivity contribution in [1.82, 2.24) is 10.2 Å². The molecule has 4 rings (SSSR count). The lowest BCUT2D eigenvalue weighted by Crippen LogP contribution is -2.65. The zero-order chi connectivity index (χ0) is 20.4. The Morgan fingerprint density at radius 2 is 1.69 bits per heavy atom. The molecular weight excluding hydrogens is 368 g/mol. The fraction of sp³-hybridized carbons (Fsp3) is 0.652. The number of hydrogen-bond acceptors (Lipinski definition) is 4. The molecule has 2 aliphatic carbocycles. The third kappa shape index (κ3) is 3.81. The molecular formula is C23H32N2O4. The maximum Gasteiger partial charge on any atom is 0.247 e. The molecule has 3 atom stereocenters. The smallest absolute Gasteiger partial charge is 0.247 e. The molecule has 158 valence electrons. The summed E-state index contributed by atoms with van der Waals surface area (Å²) in [5, 5.41) is 3.24. The van der Waals surface area contributed by atoms with E-state index < -0.39 is 6.04 Å². The normalized spacial score (nSPS) is 25.6. The zero-order valence-electron chi connectivity index (χ0n) is 17.5. The van der Waals surface area contributed by atoms with Gasteiger partial charge in [0.15, 0.2) is 11.5 Å². The number of amides is 2. The topological polar surface area (TPSA) is 67.9 Å². The molecule has 3 fully saturated rings. The number of benzene rings is 1. The minimum Gasteiger partial charge on any atom is -0.493 e. The van der Waals surface area contributed by atoms with Gasteiger partial charge in [0.05, 0.1) is 20.1 Å². The van der Waals surface area contributed by atoms with Gasteiger partial charge in [-0.1, -0.05) is 38.2 Å². The summed E-state index contributed by atoms with van der Waals surface area (Å²) in [6.07, 6.45) is 9.73. The number of rotatable bonds is 6. The molecule has 1 aliphatic heterocycles. The third-order valence-electron chi connectivity index (χ3n) is 6.86. The molecule has 3 aliphatic rings. The van der Waals surface area contributed by atoms with Crippen molar-refractivity contribution in [3.05, 3.63) is 23.8 Å². The summed E-state index contributed by atoms with van der Waals surface area (Å²) in [4.78, 5) is 28.3. The van der Waals surface area contributed by atoms with Crippen LogP contribution in [-0.4, -0.2) is 43.0 Å². The van der Waals surface area contributed by atoms with Crippen molar-refractivity contribution in [2.24, 2.45) is 5.92 Å². The van der Waals surface area contributed by atoms with Gasteiger partial charge >= 0.3 is 0 Å². The molecule has 29 heavy (non-hydrogen) atoms. The first kappa shape index (κ1) is 20.0. The number of β-lactam (4-membered cyclic amide) rings is 1. The molecule has 1 N–H and O–H groups in total. The summed E-state index contributed by atoms with van der Waals surface area (Å²) in [6, 6.07) is 5.31. The summed E-state index contributed by atoms with van der Waals surface area (Å²) in [5.41, 5.74) is 0.785. The van der Waals surface area contributed by atoms with Gasteiger partial charge in [-0.2, -0.15) is 0 Å². The molecule has 2 amide bonds. The Kier molecular flexibility index (Phi) is 5.97. The molecule has 1 heterocycles. The Bertz CT molecular complexity index is 759. The Morgan fingerprint density at radius 3 is 2.41 bits per heavy atom. The molecule has 0 aromatic heterocycles. The van der Waals surface area contributed by atoms with Gasteiger partial charge < -0.3 is 19.7 Å². The van der Waals surface area contributed by atoms with Crippen LogP contribution in [0.25, 0.3) is 0 Å². The van der Waals surface area contributed by atoms with Crippen LogP contribution in [0.5, 0.6) is 11.5 Å². The van der Waals surface area contributed by atoms with Crippen molar-refractivity contribution in [2.75, 3.05) is 14.2 Å². The van der Waals surface area contributed by atoms with Gasteiger partial charge in [0.25, 0.3) is 0 Å². The maximum absolute atomic E-state index is 13.4. The highest BCUT2D eigenvalue weighted by Crippen LogP contribution is 2.44. The number of carbonyl (C=O) groups is 2. The monoisotopic (exact) mass is 400 g/mol. The second kappa shape index (κ2) is 8.64. The van der Waals surface area contributed by atoms with Crippen LogP contribution in [0.3, 0.4) is 0 Å². The van der Waals surface area contributed by atoms with Gasteiger partial charge in [-0.3, -0.25) is 9.59 Å². The number of nitrogens with one attached hydrogen (secondary N) is 1. The van der Waals surface area contributed by atoms with E-state index in [-0.39, 0.29) is 29.8 Å². The van der Waals surface area contributed by atoms with E-state index in [0.29, 0.717) is 11.5 Å². The van der Waals surface area contributed by atoms with Crippen LogP contribution in [0.2, 0.25) is 0 Å².